The van der Waals surface area contributed by atoms with Crippen molar-refractivity contribution in [3.05, 3.63) is 65.0 Å². The van der Waals surface area contributed by atoms with Crippen molar-refractivity contribution < 1.29 is 9.59 Å². The van der Waals surface area contributed by atoms with Gasteiger partial charge in [0.2, 0.25) is 5.91 Å². The number of nitrogens with one attached hydrogen (secondary N) is 2. The molecule has 1 saturated carbocycles. The molecule has 3 rings (SSSR count). The number of aryl methyl sites for hydroxylation is 1. The summed E-state index contributed by atoms with van der Waals surface area (Å²) in [4.78, 5) is 31.1. The van der Waals surface area contributed by atoms with Crippen molar-refractivity contribution in [2.24, 2.45) is 5.92 Å². The molecule has 6 heteroatoms. The van der Waals surface area contributed by atoms with Crippen molar-refractivity contribution in [1.82, 2.24) is 20.5 Å². The summed E-state index contributed by atoms with van der Waals surface area (Å²) in [5.74, 6) is 1.00. The van der Waals surface area contributed by atoms with E-state index in [1.165, 1.54) is 18.4 Å². The molecule has 1 aromatic heterocycles. The number of hydrogen-bond acceptors (Lipinski definition) is 4. The third-order valence-electron chi connectivity index (χ3n) is 6.45. The normalized spacial score (nSPS) is 15.3. The average molecular weight is 437 g/mol. The molecule has 32 heavy (non-hydrogen) atoms. The molecule has 2 N–H and O–H groups in total. The first-order valence-electron chi connectivity index (χ1n) is 11.5. The van der Waals surface area contributed by atoms with E-state index in [2.05, 4.69) is 26.6 Å². The monoisotopic (exact) mass is 436 g/mol. The molecule has 1 aromatic carbocycles. The van der Waals surface area contributed by atoms with Crippen LogP contribution in [0.25, 0.3) is 0 Å². The van der Waals surface area contributed by atoms with Gasteiger partial charge in [0.15, 0.2) is 0 Å². The number of likely N-dealkylation sites (N-methyl/N-ethyl adjacent to an activating group) is 1. The van der Waals surface area contributed by atoms with Crippen LogP contribution >= 0.6 is 0 Å². The third kappa shape index (κ3) is 6.89. The van der Waals surface area contributed by atoms with Crippen molar-refractivity contribution in [2.45, 2.75) is 51.0 Å². The molecule has 2 atom stereocenters. The Bertz CT molecular complexity index is 909. The third-order valence-corrected chi connectivity index (χ3v) is 6.45. The molecule has 1 fully saturated rings. The Morgan fingerprint density at radius 2 is 2.00 bits per heavy atom. The number of hydrogen-bond donors (Lipinski definition) is 2. The van der Waals surface area contributed by atoms with E-state index in [0.29, 0.717) is 18.5 Å². The van der Waals surface area contributed by atoms with Gasteiger partial charge in [0.05, 0.1) is 0 Å². The highest BCUT2D eigenvalue weighted by molar-refractivity contribution is 5.94. The molecule has 6 nitrogen and oxygen atoms in total. The lowest BCUT2D eigenvalue weighted by Crippen LogP contribution is -2.42. The lowest BCUT2D eigenvalue weighted by molar-refractivity contribution is -0.121. The molecule has 0 saturated heterocycles. The predicted molar refractivity (Wildman–Crippen MR) is 128 cm³/mol. The minimum Gasteiger partial charge on any atom is -0.355 e. The zero-order chi connectivity index (χ0) is 23.1. The maximum atomic E-state index is 12.8. The molecule has 0 aliphatic heterocycles. The highest BCUT2D eigenvalue weighted by Gasteiger charge is 2.28. The van der Waals surface area contributed by atoms with Crippen molar-refractivity contribution in [1.29, 1.82) is 0 Å². The minimum absolute atomic E-state index is 0.0783. The Labute approximate surface area is 191 Å². The summed E-state index contributed by atoms with van der Waals surface area (Å²) in [5, 5.41) is 5.84. The van der Waals surface area contributed by atoms with Gasteiger partial charge in [0.25, 0.3) is 5.91 Å². The molecular weight excluding hydrogens is 400 g/mol. The molecular formula is C26H36N4O2. The summed E-state index contributed by atoms with van der Waals surface area (Å²) in [6, 6.07) is 10.0. The predicted octanol–water partition coefficient (Wildman–Crippen LogP) is 3.31. The average Bonchev–Trinajstić information content (AvgIpc) is 3.61. The molecule has 1 heterocycles. The molecule has 0 bridgehead atoms. The Kier molecular flexibility index (Phi) is 8.39. The summed E-state index contributed by atoms with van der Waals surface area (Å²) in [6.07, 6.45) is 8.60. The number of nitrogens with zero attached hydrogens (tertiary/aromatic N) is 2. The molecule has 172 valence electrons. The largest absolute Gasteiger partial charge is 0.355 e. The molecule has 0 unspecified atom stereocenters. The number of amides is 2. The van der Waals surface area contributed by atoms with E-state index in [9.17, 15) is 9.59 Å². The van der Waals surface area contributed by atoms with Gasteiger partial charge in [0, 0.05) is 44.0 Å². The van der Waals surface area contributed by atoms with Crippen LogP contribution in [-0.4, -0.2) is 55.4 Å². The van der Waals surface area contributed by atoms with Crippen molar-refractivity contribution in [3.8, 4) is 0 Å². The Morgan fingerprint density at radius 1 is 1.22 bits per heavy atom. The maximum Gasteiger partial charge on any atom is 0.251 e. The van der Waals surface area contributed by atoms with Crippen molar-refractivity contribution >= 4 is 11.8 Å². The Balaban J connectivity index is 1.59. The summed E-state index contributed by atoms with van der Waals surface area (Å²) in [7, 11) is 5.72. The smallest absolute Gasteiger partial charge is 0.251 e. The lowest BCUT2D eigenvalue weighted by atomic mass is 9.91. The summed E-state index contributed by atoms with van der Waals surface area (Å²) >= 11 is 0. The van der Waals surface area contributed by atoms with E-state index in [4.69, 9.17) is 0 Å². The van der Waals surface area contributed by atoms with E-state index >= 15 is 0 Å². The van der Waals surface area contributed by atoms with E-state index in [1.54, 1.807) is 13.2 Å². The first-order chi connectivity index (χ1) is 15.4. The highest BCUT2D eigenvalue weighted by Crippen LogP contribution is 2.39. The number of aromatic nitrogens is 1. The molecule has 1 aliphatic carbocycles. The van der Waals surface area contributed by atoms with Crippen LogP contribution in [0.3, 0.4) is 0 Å². The second-order valence-corrected chi connectivity index (χ2v) is 9.21. The van der Waals surface area contributed by atoms with Crippen molar-refractivity contribution in [3.63, 3.8) is 0 Å². The molecule has 2 aromatic rings. The fourth-order valence-corrected chi connectivity index (χ4v) is 4.14. The quantitative estimate of drug-likeness (QED) is 0.567. The fourth-order valence-electron chi connectivity index (χ4n) is 4.14. The summed E-state index contributed by atoms with van der Waals surface area (Å²) in [6.45, 7) is 2.62. The van der Waals surface area contributed by atoms with E-state index < -0.39 is 0 Å². The van der Waals surface area contributed by atoms with Crippen LogP contribution in [0.5, 0.6) is 0 Å². The van der Waals surface area contributed by atoms with Crippen LogP contribution < -0.4 is 10.6 Å². The van der Waals surface area contributed by atoms with Gasteiger partial charge in [-0.25, -0.2) is 0 Å². The topological polar surface area (TPSA) is 74.3 Å². The van der Waals surface area contributed by atoms with Crippen LogP contribution in [0.2, 0.25) is 0 Å². The van der Waals surface area contributed by atoms with Gasteiger partial charge in [-0.2, -0.15) is 0 Å². The van der Waals surface area contributed by atoms with Crippen LogP contribution in [0.15, 0.2) is 42.7 Å². The van der Waals surface area contributed by atoms with Gasteiger partial charge in [-0.15, -0.1) is 0 Å². The summed E-state index contributed by atoms with van der Waals surface area (Å²) in [5.41, 5.74) is 4.10. The van der Waals surface area contributed by atoms with E-state index in [-0.39, 0.29) is 23.8 Å². The van der Waals surface area contributed by atoms with Gasteiger partial charge in [-0.05, 0) is 80.6 Å². The maximum absolute atomic E-state index is 12.8. The second kappa shape index (κ2) is 11.2. The second-order valence-electron chi connectivity index (χ2n) is 9.21. The number of pyridine rings is 1. The molecule has 0 radical (unpaired) electrons. The van der Waals surface area contributed by atoms with Gasteiger partial charge >= 0.3 is 0 Å². The van der Waals surface area contributed by atoms with Gasteiger partial charge in [-0.3, -0.25) is 14.6 Å². The van der Waals surface area contributed by atoms with Gasteiger partial charge in [-0.1, -0.05) is 25.0 Å². The Morgan fingerprint density at radius 3 is 2.59 bits per heavy atom. The van der Waals surface area contributed by atoms with E-state index in [0.717, 1.165) is 29.9 Å². The van der Waals surface area contributed by atoms with Gasteiger partial charge < -0.3 is 15.5 Å². The van der Waals surface area contributed by atoms with Crippen LogP contribution in [-0.2, 0) is 11.2 Å². The summed E-state index contributed by atoms with van der Waals surface area (Å²) < 4.78 is 0. The first-order valence-corrected chi connectivity index (χ1v) is 11.5. The van der Waals surface area contributed by atoms with Crippen LogP contribution in [0, 0.1) is 12.8 Å². The molecule has 2 amide bonds. The standard InChI is InChI=1S/C26H36N4O2/c1-18-12-21(26(32)27-2)10-9-20(18)14-24(30(3)4)17-29-25(31)15-23(13-19-7-8-19)22-6-5-11-28-16-22/h5-6,9-12,16,19,23-24H,7-8,13-15,17H2,1-4H3,(H,27,32)(H,29,31)/t23-,24+/m1/s1. The van der Waals surface area contributed by atoms with Crippen LogP contribution in [0.4, 0.5) is 0 Å². The number of carbonyl (C=O) groups excluding carboxylic acids is 2. The lowest BCUT2D eigenvalue weighted by Gasteiger charge is -2.26. The molecule has 0 spiro atoms. The Hall–Kier alpha value is -2.73. The minimum atomic E-state index is -0.0783. The number of carbonyl (C=O) groups is 2. The first kappa shape index (κ1) is 23.9. The SMILES string of the molecule is CNC(=O)c1ccc(C[C@@H](CNC(=O)C[C@@H](CC2CC2)c2cccnc2)N(C)C)c(C)c1. The number of rotatable bonds is 11. The highest BCUT2D eigenvalue weighted by atomic mass is 16.2. The zero-order valence-electron chi connectivity index (χ0n) is 19.7. The van der Waals surface area contributed by atoms with Crippen molar-refractivity contribution in [2.75, 3.05) is 27.7 Å². The fraction of sp³-hybridized carbons (Fsp3) is 0.500. The molecule has 1 aliphatic rings. The van der Waals surface area contributed by atoms with E-state index in [1.807, 2.05) is 51.5 Å². The van der Waals surface area contributed by atoms with Gasteiger partial charge in [0.1, 0.15) is 0 Å². The zero-order valence-corrected chi connectivity index (χ0v) is 19.7. The number of benzene rings is 1. The van der Waals surface area contributed by atoms with Crippen LogP contribution in [0.1, 0.15) is 58.6 Å².